The fraction of sp³-hybridized carbons (Fsp3) is 0.548. The zero-order valence-corrected chi connectivity index (χ0v) is 21.4. The molecule has 5 aliphatic rings. The number of fused-ring (bicyclic) bond motifs is 4. The molecule has 0 amide bonds. The van der Waals surface area contributed by atoms with E-state index in [-0.39, 0.29) is 17.1 Å². The Bertz CT molecular complexity index is 1360. The van der Waals surface area contributed by atoms with Crippen LogP contribution in [0.5, 0.6) is 11.5 Å². The van der Waals surface area contributed by atoms with Crippen LogP contribution in [0.15, 0.2) is 36.4 Å². The predicted molar refractivity (Wildman–Crippen MR) is 140 cm³/mol. The third-order valence-electron chi connectivity index (χ3n) is 10.6. The molecule has 2 bridgehead atoms. The smallest absolute Gasteiger partial charge is 0.166 e. The molecule has 2 aliphatic heterocycles. The second kappa shape index (κ2) is 7.52. The average Bonchev–Trinajstić information content (AvgIpc) is 3.46. The lowest BCUT2D eigenvalue weighted by Gasteiger charge is -2.64. The summed E-state index contributed by atoms with van der Waals surface area (Å²) < 4.78 is 19.8. The molecule has 36 heavy (non-hydrogen) atoms. The number of para-hydroxylation sites is 1. The van der Waals surface area contributed by atoms with Gasteiger partial charge in [0.2, 0.25) is 0 Å². The van der Waals surface area contributed by atoms with Crippen molar-refractivity contribution in [1.29, 1.82) is 0 Å². The van der Waals surface area contributed by atoms with Crippen molar-refractivity contribution in [3.8, 4) is 11.5 Å². The quantitative estimate of drug-likeness (QED) is 0.516. The van der Waals surface area contributed by atoms with Gasteiger partial charge in [-0.2, -0.15) is 0 Å². The first-order chi connectivity index (χ1) is 17.7. The van der Waals surface area contributed by atoms with Gasteiger partial charge in [-0.05, 0) is 61.4 Å². The Hall–Kier alpha value is -2.50. The minimum absolute atomic E-state index is 0.0849. The molecule has 3 aliphatic carbocycles. The standard InChI is InChI=1S/C31H36N2O3/c1-34-24-13-12-20-16-25-31(35-2)17-22-21-10-6-7-11-23(21)32-27(22)29-30(31,26(20)28(24)36-29)14-15-33(25)18-19-8-4-3-5-9-19/h6-7,10-13,19,25,29,32H,3-5,8-9,14-18H2,1-2H3/t25-,29+,30+,31-/m1/s1. The Labute approximate surface area is 213 Å². The molecule has 1 aromatic heterocycles. The van der Waals surface area contributed by atoms with E-state index in [0.29, 0.717) is 6.04 Å². The topological polar surface area (TPSA) is 46.7 Å². The van der Waals surface area contributed by atoms with Crippen molar-refractivity contribution in [3.05, 3.63) is 58.8 Å². The number of hydrogen-bond acceptors (Lipinski definition) is 4. The van der Waals surface area contributed by atoms with E-state index in [1.807, 2.05) is 7.11 Å². The minimum atomic E-state index is -0.326. The van der Waals surface area contributed by atoms with E-state index in [4.69, 9.17) is 14.2 Å². The van der Waals surface area contributed by atoms with E-state index in [2.05, 4.69) is 46.3 Å². The highest BCUT2D eigenvalue weighted by Gasteiger charge is 2.73. The normalized spacial score (nSPS) is 32.7. The molecule has 1 N–H and O–H groups in total. The molecular weight excluding hydrogens is 448 g/mol. The molecule has 188 valence electrons. The molecule has 8 rings (SSSR count). The van der Waals surface area contributed by atoms with Gasteiger partial charge >= 0.3 is 0 Å². The molecule has 5 nitrogen and oxygen atoms in total. The third-order valence-corrected chi connectivity index (χ3v) is 10.6. The molecule has 3 aromatic rings. The molecular formula is C31H36N2O3. The van der Waals surface area contributed by atoms with Gasteiger partial charge in [0.05, 0.1) is 18.2 Å². The van der Waals surface area contributed by atoms with E-state index < -0.39 is 0 Å². The van der Waals surface area contributed by atoms with E-state index in [1.54, 1.807) is 7.11 Å². The predicted octanol–water partition coefficient (Wildman–Crippen LogP) is 5.70. The van der Waals surface area contributed by atoms with Crippen molar-refractivity contribution < 1.29 is 14.2 Å². The van der Waals surface area contributed by atoms with Gasteiger partial charge in [0, 0.05) is 42.6 Å². The fourth-order valence-electron chi connectivity index (χ4n) is 9.15. The van der Waals surface area contributed by atoms with Crippen molar-refractivity contribution in [2.24, 2.45) is 5.92 Å². The summed E-state index contributed by atoms with van der Waals surface area (Å²) >= 11 is 0. The first kappa shape index (κ1) is 21.6. The Kier molecular flexibility index (Phi) is 4.50. The van der Waals surface area contributed by atoms with Gasteiger partial charge in [0.25, 0.3) is 0 Å². The summed E-state index contributed by atoms with van der Waals surface area (Å²) in [6, 6.07) is 13.5. The molecule has 5 heteroatoms. The summed E-state index contributed by atoms with van der Waals surface area (Å²) in [5.74, 6) is 2.62. The highest BCUT2D eigenvalue weighted by Crippen LogP contribution is 2.70. The fourth-order valence-corrected chi connectivity index (χ4v) is 9.15. The number of nitrogens with one attached hydrogen (secondary N) is 1. The van der Waals surface area contributed by atoms with E-state index in [0.717, 1.165) is 43.2 Å². The van der Waals surface area contributed by atoms with Crippen molar-refractivity contribution >= 4 is 10.9 Å². The molecule has 3 heterocycles. The SMILES string of the molecule is COc1ccc2c3c1O[C@H]1c4[nH]c5ccccc5c4C[C@@]4(OC)[C@@H](C2)N(CC2CCCCC2)CC[C@]314. The largest absolute Gasteiger partial charge is 0.493 e. The van der Waals surface area contributed by atoms with Crippen LogP contribution < -0.4 is 9.47 Å². The Balaban J connectivity index is 1.36. The van der Waals surface area contributed by atoms with Crippen molar-refractivity contribution in [2.45, 2.75) is 74.5 Å². The summed E-state index contributed by atoms with van der Waals surface area (Å²) in [7, 11) is 3.73. The molecule has 2 aromatic carbocycles. The van der Waals surface area contributed by atoms with Crippen molar-refractivity contribution in [1.82, 2.24) is 9.88 Å². The highest BCUT2D eigenvalue weighted by molar-refractivity contribution is 5.86. The van der Waals surface area contributed by atoms with Gasteiger partial charge in [0.15, 0.2) is 17.6 Å². The van der Waals surface area contributed by atoms with Gasteiger partial charge in [0.1, 0.15) is 5.60 Å². The molecule has 1 saturated heterocycles. The second-order valence-corrected chi connectivity index (χ2v) is 11.9. The van der Waals surface area contributed by atoms with Crippen LogP contribution in [0, 0.1) is 5.92 Å². The number of nitrogens with zero attached hydrogens (tertiary/aromatic N) is 1. The Morgan fingerprint density at radius 2 is 1.94 bits per heavy atom. The first-order valence-electron chi connectivity index (χ1n) is 14.0. The minimum Gasteiger partial charge on any atom is -0.493 e. The van der Waals surface area contributed by atoms with Crippen LogP contribution in [0.25, 0.3) is 10.9 Å². The van der Waals surface area contributed by atoms with Crippen LogP contribution in [0.1, 0.15) is 67.0 Å². The molecule has 4 atom stereocenters. The van der Waals surface area contributed by atoms with Crippen LogP contribution in [0.3, 0.4) is 0 Å². The van der Waals surface area contributed by atoms with Crippen molar-refractivity contribution in [2.75, 3.05) is 27.3 Å². The number of piperidine rings is 1. The monoisotopic (exact) mass is 484 g/mol. The highest BCUT2D eigenvalue weighted by atomic mass is 16.5. The molecule has 0 unspecified atom stereocenters. The number of H-pyrrole nitrogens is 1. The van der Waals surface area contributed by atoms with Crippen molar-refractivity contribution in [3.63, 3.8) is 0 Å². The number of aromatic amines is 1. The number of hydrogen-bond donors (Lipinski definition) is 1. The number of ether oxygens (including phenoxy) is 3. The van der Waals surface area contributed by atoms with E-state index in [9.17, 15) is 0 Å². The van der Waals surface area contributed by atoms with Gasteiger partial charge in [-0.3, -0.25) is 4.90 Å². The number of methoxy groups -OCH3 is 2. The molecule has 1 spiro atoms. The number of aromatic nitrogens is 1. The number of rotatable bonds is 4. The van der Waals surface area contributed by atoms with Crippen LogP contribution in [0.2, 0.25) is 0 Å². The lowest BCUT2D eigenvalue weighted by Crippen LogP contribution is -2.75. The molecule has 0 radical (unpaired) electrons. The van der Waals surface area contributed by atoms with E-state index >= 15 is 0 Å². The lowest BCUT2D eigenvalue weighted by atomic mass is 9.48. The third kappa shape index (κ3) is 2.49. The van der Waals surface area contributed by atoms with Crippen LogP contribution >= 0.6 is 0 Å². The second-order valence-electron chi connectivity index (χ2n) is 11.9. The number of benzene rings is 2. The maximum Gasteiger partial charge on any atom is 0.166 e. The summed E-state index contributed by atoms with van der Waals surface area (Å²) in [4.78, 5) is 6.63. The maximum atomic E-state index is 7.01. The maximum absolute atomic E-state index is 7.01. The summed E-state index contributed by atoms with van der Waals surface area (Å²) in [6.07, 6.45) is 9.86. The van der Waals surface area contributed by atoms with Gasteiger partial charge in [-0.15, -0.1) is 0 Å². The molecule has 2 fully saturated rings. The van der Waals surface area contributed by atoms with Gasteiger partial charge in [-0.1, -0.05) is 43.5 Å². The van der Waals surface area contributed by atoms with E-state index in [1.165, 1.54) is 71.9 Å². The zero-order chi connectivity index (χ0) is 24.1. The Morgan fingerprint density at radius 1 is 1.08 bits per heavy atom. The summed E-state index contributed by atoms with van der Waals surface area (Å²) in [6.45, 7) is 2.31. The Morgan fingerprint density at radius 3 is 2.78 bits per heavy atom. The van der Waals surface area contributed by atoms with Gasteiger partial charge in [-0.25, -0.2) is 0 Å². The van der Waals surface area contributed by atoms with Crippen LogP contribution in [-0.2, 0) is 23.0 Å². The number of likely N-dealkylation sites (tertiary alicyclic amines) is 1. The van der Waals surface area contributed by atoms with Gasteiger partial charge < -0.3 is 19.2 Å². The zero-order valence-electron chi connectivity index (χ0n) is 21.4. The summed E-state index contributed by atoms with van der Waals surface area (Å²) in [5, 5.41) is 1.31. The first-order valence-corrected chi connectivity index (χ1v) is 14.0. The summed E-state index contributed by atoms with van der Waals surface area (Å²) in [5.41, 5.74) is 6.09. The van der Waals surface area contributed by atoms with Crippen LogP contribution in [-0.4, -0.2) is 48.8 Å². The van der Waals surface area contributed by atoms with Crippen LogP contribution in [0.4, 0.5) is 0 Å². The average molecular weight is 485 g/mol. The lowest BCUT2D eigenvalue weighted by molar-refractivity contribution is -0.192. The molecule has 1 saturated carbocycles.